The third-order valence-electron chi connectivity index (χ3n) is 3.55. The van der Waals surface area contributed by atoms with Gasteiger partial charge in [-0.1, -0.05) is 24.2 Å². The summed E-state index contributed by atoms with van der Waals surface area (Å²) in [6.45, 7) is 9.95. The molecule has 0 aliphatic rings. The molecule has 3 rings (SSSR count). The number of hydrogen-bond donors (Lipinski definition) is 2. The number of pyridine rings is 1. The number of rotatable bonds is 4. The summed E-state index contributed by atoms with van der Waals surface area (Å²) in [7, 11) is 0. The molecule has 3 aromatic rings. The van der Waals surface area contributed by atoms with Crippen LogP contribution in [0.25, 0.3) is 22.2 Å². The van der Waals surface area contributed by atoms with E-state index in [4.69, 9.17) is 11.6 Å². The topological polar surface area (TPSA) is 40.7 Å². The summed E-state index contributed by atoms with van der Waals surface area (Å²) in [6.07, 6.45) is 0. The molecule has 0 aliphatic heterocycles. The molecule has 2 aromatic heterocycles. The number of nitrogens with one attached hydrogen (secondary N) is 2. The van der Waals surface area contributed by atoms with Crippen molar-refractivity contribution >= 4 is 22.5 Å². The van der Waals surface area contributed by atoms with E-state index in [1.54, 1.807) is 12.1 Å². The molecule has 0 saturated heterocycles. The summed E-state index contributed by atoms with van der Waals surface area (Å²) in [5, 5.41) is 4.69. The minimum absolute atomic E-state index is 0. The quantitative estimate of drug-likeness (QED) is 0.428. The average Bonchev–Trinajstić information content (AvgIpc) is 2.89. The SMILES string of the molecule is C=C(C)NCc1cc2cc(Cl)c(-c3ccc([CH2-])c(F)n3)cc2[nH]1.[Na+]. The fourth-order valence-corrected chi connectivity index (χ4v) is 2.63. The van der Waals surface area contributed by atoms with E-state index in [1.807, 2.05) is 25.1 Å². The Balaban J connectivity index is 0.00000208. The van der Waals surface area contributed by atoms with Gasteiger partial charge in [0.1, 0.15) is 5.95 Å². The van der Waals surface area contributed by atoms with Gasteiger partial charge in [-0.15, -0.1) is 5.56 Å². The van der Waals surface area contributed by atoms with Crippen molar-refractivity contribution in [2.75, 3.05) is 0 Å². The van der Waals surface area contributed by atoms with Crippen molar-refractivity contribution in [3.63, 3.8) is 0 Å². The number of allylic oxidation sites excluding steroid dienone is 1. The maximum Gasteiger partial charge on any atom is 1.00 e. The molecular formula is C18H16ClFN3Na. The van der Waals surface area contributed by atoms with Gasteiger partial charge in [0.15, 0.2) is 0 Å². The van der Waals surface area contributed by atoms with E-state index in [-0.39, 0.29) is 35.1 Å². The van der Waals surface area contributed by atoms with Crippen LogP contribution < -0.4 is 34.9 Å². The summed E-state index contributed by atoms with van der Waals surface area (Å²) in [6, 6.07) is 9.06. The van der Waals surface area contributed by atoms with Gasteiger partial charge >= 0.3 is 29.6 Å². The summed E-state index contributed by atoms with van der Waals surface area (Å²) in [5.74, 6) is -0.587. The molecule has 0 radical (unpaired) electrons. The molecule has 0 atom stereocenters. The second-order valence-corrected chi connectivity index (χ2v) is 5.90. The van der Waals surface area contributed by atoms with Gasteiger partial charge in [-0.05, 0) is 25.1 Å². The van der Waals surface area contributed by atoms with Gasteiger partial charge < -0.3 is 10.3 Å². The van der Waals surface area contributed by atoms with Crippen molar-refractivity contribution < 1.29 is 33.9 Å². The summed E-state index contributed by atoms with van der Waals surface area (Å²) >= 11 is 6.34. The summed E-state index contributed by atoms with van der Waals surface area (Å²) in [4.78, 5) is 7.24. The third kappa shape index (κ3) is 3.95. The summed E-state index contributed by atoms with van der Waals surface area (Å²) < 4.78 is 13.6. The number of nitrogens with zero attached hydrogens (tertiary/aromatic N) is 1. The van der Waals surface area contributed by atoms with Gasteiger partial charge in [0, 0.05) is 33.6 Å². The number of fused-ring (bicyclic) bond motifs is 1. The Bertz CT molecular complexity index is 905. The number of aromatic nitrogens is 2. The Labute approximate surface area is 167 Å². The van der Waals surface area contributed by atoms with Gasteiger partial charge in [0.2, 0.25) is 0 Å². The first-order valence-corrected chi connectivity index (χ1v) is 7.51. The van der Waals surface area contributed by atoms with E-state index < -0.39 is 5.95 Å². The molecule has 3 nitrogen and oxygen atoms in total. The average molecular weight is 352 g/mol. The Kier molecular flexibility index (Phi) is 5.99. The first kappa shape index (κ1) is 18.9. The number of benzene rings is 1. The molecule has 0 bridgehead atoms. The fourth-order valence-electron chi connectivity index (χ4n) is 2.36. The molecule has 0 spiro atoms. The zero-order valence-corrected chi connectivity index (χ0v) is 16.5. The molecule has 2 N–H and O–H groups in total. The normalized spacial score (nSPS) is 10.5. The molecular weight excluding hydrogens is 336 g/mol. The predicted octanol–water partition coefficient (Wildman–Crippen LogP) is 1.83. The minimum Gasteiger partial charge on any atom is -0.383 e. The van der Waals surface area contributed by atoms with Gasteiger partial charge in [0.05, 0.1) is 11.6 Å². The zero-order chi connectivity index (χ0) is 16.6. The molecule has 1 aromatic carbocycles. The smallest absolute Gasteiger partial charge is 0.383 e. The van der Waals surface area contributed by atoms with Crippen LogP contribution in [0.2, 0.25) is 5.02 Å². The van der Waals surface area contributed by atoms with Crippen LogP contribution in [0.5, 0.6) is 0 Å². The summed E-state index contributed by atoms with van der Waals surface area (Å²) in [5.41, 5.74) is 4.26. The monoisotopic (exact) mass is 351 g/mol. The maximum absolute atomic E-state index is 13.6. The second-order valence-electron chi connectivity index (χ2n) is 5.49. The van der Waals surface area contributed by atoms with Crippen LogP contribution in [-0.4, -0.2) is 9.97 Å². The van der Waals surface area contributed by atoms with E-state index in [0.29, 0.717) is 22.8 Å². The van der Waals surface area contributed by atoms with Crippen LogP contribution in [0.15, 0.2) is 42.6 Å². The van der Waals surface area contributed by atoms with E-state index in [2.05, 4.69) is 28.8 Å². The van der Waals surface area contributed by atoms with Crippen molar-refractivity contribution in [1.29, 1.82) is 0 Å². The standard InChI is InChI=1S/C18H16ClFN3.Na/c1-10(2)21-9-13-6-12-7-15(19)14(8-17(12)22-13)16-5-4-11(3)18(20)23-16;/h4-8,21-22H,1,3,9H2,2H3;/q-1;+1. The number of halogens is 2. The van der Waals surface area contributed by atoms with Crippen LogP contribution in [0.4, 0.5) is 4.39 Å². The predicted molar refractivity (Wildman–Crippen MR) is 92.6 cm³/mol. The molecule has 0 amide bonds. The van der Waals surface area contributed by atoms with E-state index in [0.717, 1.165) is 22.3 Å². The molecule has 0 aliphatic carbocycles. The van der Waals surface area contributed by atoms with Gasteiger partial charge in [-0.2, -0.15) is 13.0 Å². The Morgan fingerprint density at radius 2 is 2.12 bits per heavy atom. The third-order valence-corrected chi connectivity index (χ3v) is 3.86. The zero-order valence-electron chi connectivity index (χ0n) is 13.7. The van der Waals surface area contributed by atoms with Crippen molar-refractivity contribution in [1.82, 2.24) is 15.3 Å². The Morgan fingerprint density at radius 3 is 2.79 bits per heavy atom. The van der Waals surface area contributed by atoms with Crippen molar-refractivity contribution in [3.8, 4) is 11.3 Å². The largest absolute Gasteiger partial charge is 1.00 e. The molecule has 0 fully saturated rings. The van der Waals surface area contributed by atoms with E-state index >= 15 is 0 Å². The molecule has 118 valence electrons. The molecule has 0 saturated carbocycles. The Morgan fingerprint density at radius 1 is 1.38 bits per heavy atom. The van der Waals surface area contributed by atoms with Crippen molar-refractivity contribution in [3.05, 3.63) is 71.8 Å². The van der Waals surface area contributed by atoms with Crippen LogP contribution in [0.1, 0.15) is 18.2 Å². The van der Waals surface area contributed by atoms with Crippen molar-refractivity contribution in [2.45, 2.75) is 13.5 Å². The number of H-pyrrole nitrogens is 1. The second kappa shape index (κ2) is 7.62. The first-order valence-electron chi connectivity index (χ1n) is 7.13. The fraction of sp³-hybridized carbons (Fsp3) is 0.111. The van der Waals surface area contributed by atoms with Crippen LogP contribution in [0.3, 0.4) is 0 Å². The number of hydrogen-bond acceptors (Lipinski definition) is 2. The number of aromatic amines is 1. The molecule has 6 heteroatoms. The minimum atomic E-state index is -0.587. The molecule has 0 unspecified atom stereocenters. The Hall–Kier alpha value is -1.46. The van der Waals surface area contributed by atoms with Crippen LogP contribution in [0, 0.1) is 12.9 Å². The van der Waals surface area contributed by atoms with E-state index in [1.165, 1.54) is 0 Å². The first-order chi connectivity index (χ1) is 10.9. The van der Waals surface area contributed by atoms with Gasteiger partial charge in [0.25, 0.3) is 0 Å². The maximum atomic E-state index is 13.6. The van der Waals surface area contributed by atoms with Gasteiger partial charge in [-0.3, -0.25) is 9.37 Å². The van der Waals surface area contributed by atoms with Gasteiger partial charge in [-0.25, -0.2) is 0 Å². The van der Waals surface area contributed by atoms with Crippen molar-refractivity contribution in [2.24, 2.45) is 0 Å². The van der Waals surface area contributed by atoms with E-state index in [9.17, 15) is 4.39 Å². The molecule has 2 heterocycles. The van der Waals surface area contributed by atoms with Crippen LogP contribution in [-0.2, 0) is 6.54 Å². The molecule has 24 heavy (non-hydrogen) atoms. The van der Waals surface area contributed by atoms with Crippen LogP contribution >= 0.6 is 11.6 Å².